The molecule has 0 unspecified atom stereocenters. The monoisotopic (exact) mass is 450 g/mol. The number of thiophene rings is 1. The van der Waals surface area contributed by atoms with Crippen LogP contribution in [-0.4, -0.2) is 40.1 Å². The van der Waals surface area contributed by atoms with Crippen molar-refractivity contribution in [2.45, 2.75) is 11.6 Å². The number of nitrogens with zero attached hydrogens (tertiary/aromatic N) is 3. The van der Waals surface area contributed by atoms with Gasteiger partial charge in [-0.05, 0) is 42.1 Å². The van der Waals surface area contributed by atoms with Gasteiger partial charge >= 0.3 is 0 Å². The lowest BCUT2D eigenvalue weighted by atomic mass is 10.2. The van der Waals surface area contributed by atoms with Crippen molar-refractivity contribution < 1.29 is 9.53 Å². The van der Waals surface area contributed by atoms with E-state index in [2.05, 4.69) is 21.6 Å². The van der Waals surface area contributed by atoms with Crippen molar-refractivity contribution in [1.29, 1.82) is 0 Å². The highest BCUT2D eigenvalue weighted by atomic mass is 32.2. The summed E-state index contributed by atoms with van der Waals surface area (Å²) < 4.78 is 7.25. The Morgan fingerprint density at radius 3 is 2.58 bits per heavy atom. The Morgan fingerprint density at radius 2 is 1.87 bits per heavy atom. The number of methoxy groups -OCH3 is 1. The minimum Gasteiger partial charge on any atom is -0.497 e. The van der Waals surface area contributed by atoms with Crippen LogP contribution in [0.3, 0.4) is 0 Å². The molecule has 6 nitrogen and oxygen atoms in total. The van der Waals surface area contributed by atoms with Crippen LogP contribution in [0.15, 0.2) is 77.3 Å². The zero-order chi connectivity index (χ0) is 21.5. The lowest BCUT2D eigenvalue weighted by molar-refractivity contribution is -0.118. The summed E-state index contributed by atoms with van der Waals surface area (Å²) in [6.45, 7) is 0.625. The van der Waals surface area contributed by atoms with E-state index >= 15 is 0 Å². The molecule has 1 N–H and O–H groups in total. The molecule has 2 aromatic heterocycles. The molecule has 31 heavy (non-hydrogen) atoms. The highest BCUT2D eigenvalue weighted by Crippen LogP contribution is 2.28. The molecule has 4 rings (SSSR count). The molecular weight excluding hydrogens is 428 g/mol. The predicted molar refractivity (Wildman–Crippen MR) is 125 cm³/mol. The van der Waals surface area contributed by atoms with Crippen LogP contribution in [0.1, 0.15) is 4.88 Å². The van der Waals surface area contributed by atoms with Crippen LogP contribution in [0.25, 0.3) is 17.1 Å². The number of aromatic nitrogens is 3. The van der Waals surface area contributed by atoms with Gasteiger partial charge in [-0.3, -0.25) is 9.36 Å². The maximum atomic E-state index is 12.4. The second kappa shape index (κ2) is 10.3. The first-order chi connectivity index (χ1) is 15.2. The van der Waals surface area contributed by atoms with Gasteiger partial charge in [-0.2, -0.15) is 0 Å². The predicted octanol–water partition coefficient (Wildman–Crippen LogP) is 4.46. The first-order valence-corrected chi connectivity index (χ1v) is 11.7. The molecule has 4 aromatic rings. The third-order valence-corrected chi connectivity index (χ3v) is 6.47. The van der Waals surface area contributed by atoms with E-state index in [1.54, 1.807) is 18.4 Å². The van der Waals surface area contributed by atoms with Crippen LogP contribution < -0.4 is 10.1 Å². The van der Waals surface area contributed by atoms with Crippen molar-refractivity contribution in [3.63, 3.8) is 0 Å². The molecule has 0 aliphatic carbocycles. The summed E-state index contributed by atoms with van der Waals surface area (Å²) in [5.41, 5.74) is 1.86. The number of carbonyl (C=O) groups excluding carboxylic acids is 1. The van der Waals surface area contributed by atoms with E-state index in [4.69, 9.17) is 4.74 Å². The average molecular weight is 451 g/mol. The summed E-state index contributed by atoms with van der Waals surface area (Å²) in [5, 5.41) is 14.5. The zero-order valence-electron chi connectivity index (χ0n) is 17.0. The fraction of sp³-hybridized carbons (Fsp3) is 0.174. The molecule has 2 aromatic carbocycles. The van der Waals surface area contributed by atoms with Crippen LogP contribution in [0.2, 0.25) is 0 Å². The quantitative estimate of drug-likeness (QED) is 0.382. The van der Waals surface area contributed by atoms with E-state index < -0.39 is 0 Å². The fourth-order valence-electron chi connectivity index (χ4n) is 3.06. The summed E-state index contributed by atoms with van der Waals surface area (Å²) in [4.78, 5) is 13.6. The number of amides is 1. The Bertz CT molecular complexity index is 1110. The molecule has 0 fully saturated rings. The Balaban J connectivity index is 1.50. The standard InChI is InChI=1S/C23H22N4O2S2/c1-29-19-11-9-18(10-12-19)27-22(17-6-3-2-4-7-17)25-26-23(27)31-16-21(28)24-14-13-20-8-5-15-30-20/h2-12,15H,13-14,16H2,1H3,(H,24,28). The van der Waals surface area contributed by atoms with Crippen molar-refractivity contribution in [3.8, 4) is 22.8 Å². The maximum Gasteiger partial charge on any atom is 0.230 e. The third kappa shape index (κ3) is 5.34. The van der Waals surface area contributed by atoms with Gasteiger partial charge in [0.05, 0.1) is 12.9 Å². The van der Waals surface area contributed by atoms with Gasteiger partial charge in [0.15, 0.2) is 11.0 Å². The SMILES string of the molecule is COc1ccc(-n2c(SCC(=O)NCCc3cccs3)nnc2-c2ccccc2)cc1. The molecular formula is C23H22N4O2S2. The van der Waals surface area contributed by atoms with E-state index in [1.807, 2.05) is 70.6 Å². The molecule has 1 amide bonds. The van der Waals surface area contributed by atoms with Gasteiger partial charge in [-0.15, -0.1) is 21.5 Å². The van der Waals surface area contributed by atoms with Gasteiger partial charge in [0.1, 0.15) is 5.75 Å². The molecule has 0 bridgehead atoms. The lowest BCUT2D eigenvalue weighted by Gasteiger charge is -2.11. The number of hydrogen-bond donors (Lipinski definition) is 1. The molecule has 2 heterocycles. The topological polar surface area (TPSA) is 69.0 Å². The van der Waals surface area contributed by atoms with E-state index in [-0.39, 0.29) is 11.7 Å². The number of thioether (sulfide) groups is 1. The van der Waals surface area contributed by atoms with Crippen molar-refractivity contribution >= 4 is 29.0 Å². The number of carbonyl (C=O) groups is 1. The molecule has 0 aliphatic rings. The Labute approximate surface area is 189 Å². The van der Waals surface area contributed by atoms with Gasteiger partial charge in [0.25, 0.3) is 0 Å². The number of nitrogens with one attached hydrogen (secondary N) is 1. The number of ether oxygens (including phenoxy) is 1. The summed E-state index contributed by atoms with van der Waals surface area (Å²) >= 11 is 3.07. The second-order valence-electron chi connectivity index (χ2n) is 6.67. The molecule has 0 atom stereocenters. The Kier molecular flexibility index (Phi) is 7.01. The number of benzene rings is 2. The lowest BCUT2D eigenvalue weighted by Crippen LogP contribution is -2.27. The van der Waals surface area contributed by atoms with Gasteiger partial charge in [-0.25, -0.2) is 0 Å². The minimum absolute atomic E-state index is 0.0212. The highest BCUT2D eigenvalue weighted by Gasteiger charge is 2.17. The van der Waals surface area contributed by atoms with Gasteiger partial charge in [0.2, 0.25) is 5.91 Å². The fourth-order valence-corrected chi connectivity index (χ4v) is 4.55. The molecule has 0 spiro atoms. The Morgan fingerprint density at radius 1 is 1.06 bits per heavy atom. The molecule has 0 radical (unpaired) electrons. The summed E-state index contributed by atoms with van der Waals surface area (Å²) in [6.07, 6.45) is 0.842. The van der Waals surface area contributed by atoms with Crippen molar-refractivity contribution in [3.05, 3.63) is 77.0 Å². The van der Waals surface area contributed by atoms with E-state index in [1.165, 1.54) is 16.6 Å². The minimum atomic E-state index is -0.0212. The summed E-state index contributed by atoms with van der Waals surface area (Å²) in [6, 6.07) is 21.7. The normalized spacial score (nSPS) is 10.7. The van der Waals surface area contributed by atoms with Crippen molar-refractivity contribution in [1.82, 2.24) is 20.1 Å². The van der Waals surface area contributed by atoms with Crippen LogP contribution in [-0.2, 0) is 11.2 Å². The van der Waals surface area contributed by atoms with Gasteiger partial charge in [0, 0.05) is 22.7 Å². The zero-order valence-corrected chi connectivity index (χ0v) is 18.7. The average Bonchev–Trinajstić information content (AvgIpc) is 3.48. The summed E-state index contributed by atoms with van der Waals surface area (Å²) in [5.74, 6) is 1.75. The molecule has 0 aliphatic heterocycles. The second-order valence-corrected chi connectivity index (χ2v) is 8.65. The number of hydrogen-bond acceptors (Lipinski definition) is 6. The van der Waals surface area contributed by atoms with E-state index in [0.717, 1.165) is 29.2 Å². The maximum absolute atomic E-state index is 12.4. The smallest absolute Gasteiger partial charge is 0.230 e. The highest BCUT2D eigenvalue weighted by molar-refractivity contribution is 7.99. The molecule has 8 heteroatoms. The molecule has 158 valence electrons. The molecule has 0 saturated heterocycles. The largest absolute Gasteiger partial charge is 0.497 e. The molecule has 0 saturated carbocycles. The van der Waals surface area contributed by atoms with E-state index in [0.29, 0.717) is 11.7 Å². The van der Waals surface area contributed by atoms with Gasteiger partial charge in [-0.1, -0.05) is 48.2 Å². The number of rotatable bonds is 9. The van der Waals surface area contributed by atoms with E-state index in [9.17, 15) is 4.79 Å². The van der Waals surface area contributed by atoms with Crippen LogP contribution in [0, 0.1) is 0 Å². The van der Waals surface area contributed by atoms with Crippen LogP contribution in [0.5, 0.6) is 5.75 Å². The summed E-state index contributed by atoms with van der Waals surface area (Å²) in [7, 11) is 1.64. The first-order valence-electron chi connectivity index (χ1n) is 9.82. The van der Waals surface area contributed by atoms with Crippen LogP contribution in [0.4, 0.5) is 0 Å². The van der Waals surface area contributed by atoms with Crippen LogP contribution >= 0.6 is 23.1 Å². The Hall–Kier alpha value is -3.10. The van der Waals surface area contributed by atoms with Gasteiger partial charge < -0.3 is 10.1 Å². The van der Waals surface area contributed by atoms with Crippen molar-refractivity contribution in [2.24, 2.45) is 0 Å². The van der Waals surface area contributed by atoms with Crippen molar-refractivity contribution in [2.75, 3.05) is 19.4 Å². The first kappa shape index (κ1) is 21.1. The third-order valence-electron chi connectivity index (χ3n) is 4.60.